The van der Waals surface area contributed by atoms with Crippen molar-refractivity contribution in [2.45, 2.75) is 51.4 Å². The van der Waals surface area contributed by atoms with Crippen molar-refractivity contribution in [2.75, 3.05) is 58.4 Å². The summed E-state index contributed by atoms with van der Waals surface area (Å²) in [5.74, 6) is -3.02. The number of piperidine rings is 2. The molecule has 3 aliphatic rings. The minimum absolute atomic E-state index is 0.0709. The van der Waals surface area contributed by atoms with Crippen LogP contribution in [0.2, 0.25) is 0 Å². The van der Waals surface area contributed by atoms with Crippen molar-refractivity contribution in [2.24, 2.45) is 5.41 Å². The van der Waals surface area contributed by atoms with Gasteiger partial charge in [0.15, 0.2) is 0 Å². The van der Waals surface area contributed by atoms with Gasteiger partial charge in [0.05, 0.1) is 29.3 Å². The number of benzene rings is 1. The molecule has 1 aromatic carbocycles. The lowest BCUT2D eigenvalue weighted by Crippen LogP contribution is -2.40. The average molecular weight is 565 g/mol. The van der Waals surface area contributed by atoms with E-state index in [1.807, 2.05) is 0 Å². The summed E-state index contributed by atoms with van der Waals surface area (Å²) in [5.41, 5.74) is 2.24. The van der Waals surface area contributed by atoms with Gasteiger partial charge in [0.25, 0.3) is 11.8 Å². The number of sulfonamides is 1. The smallest absolute Gasteiger partial charge is 0.260 e. The molecule has 2 saturated heterocycles. The van der Waals surface area contributed by atoms with E-state index in [0.717, 1.165) is 25.9 Å². The Morgan fingerprint density at radius 2 is 1.67 bits per heavy atom. The van der Waals surface area contributed by atoms with Crippen LogP contribution in [0.25, 0.3) is 0 Å². The number of aliphatic hydroxyl groups is 1. The molecule has 2 aliphatic heterocycles. The van der Waals surface area contributed by atoms with Gasteiger partial charge in [-0.05, 0) is 56.2 Å². The summed E-state index contributed by atoms with van der Waals surface area (Å²) < 4.78 is 54.2. The molecule has 1 aromatic heterocycles. The Morgan fingerprint density at radius 1 is 1.00 bits per heavy atom. The van der Waals surface area contributed by atoms with E-state index in [1.165, 1.54) is 18.9 Å². The van der Waals surface area contributed by atoms with E-state index in [1.54, 1.807) is 30.0 Å². The number of carbonyl (C=O) groups is 1. The van der Waals surface area contributed by atoms with Gasteiger partial charge in [-0.2, -0.15) is 4.98 Å². The third kappa shape index (κ3) is 6.57. The number of anilines is 4. The van der Waals surface area contributed by atoms with Crippen LogP contribution in [0.3, 0.4) is 0 Å². The largest absolute Gasteiger partial charge is 0.395 e. The zero-order valence-electron chi connectivity index (χ0n) is 21.9. The topological polar surface area (TPSA) is 128 Å². The molecule has 0 atom stereocenters. The van der Waals surface area contributed by atoms with Crippen molar-refractivity contribution in [1.29, 1.82) is 0 Å². The first-order valence-electron chi connectivity index (χ1n) is 13.3. The van der Waals surface area contributed by atoms with Crippen molar-refractivity contribution in [3.8, 4) is 0 Å². The Kier molecular flexibility index (Phi) is 7.40. The number of aryl methyl sites for hydroxylation is 1. The molecule has 39 heavy (non-hydrogen) atoms. The van der Waals surface area contributed by atoms with Crippen LogP contribution >= 0.6 is 0 Å². The first-order valence-corrected chi connectivity index (χ1v) is 14.9. The molecule has 1 spiro atoms. The van der Waals surface area contributed by atoms with E-state index in [-0.39, 0.29) is 31.9 Å². The molecule has 1 aliphatic carbocycles. The highest BCUT2D eigenvalue weighted by Crippen LogP contribution is 2.54. The number of amides is 1. The summed E-state index contributed by atoms with van der Waals surface area (Å²) in [4.78, 5) is 26.1. The lowest BCUT2D eigenvalue weighted by molar-refractivity contribution is -0.0221. The van der Waals surface area contributed by atoms with E-state index in [9.17, 15) is 22.0 Å². The number of alkyl halides is 2. The summed E-state index contributed by atoms with van der Waals surface area (Å²) in [6, 6.07) is 6.42. The van der Waals surface area contributed by atoms with Crippen LogP contribution in [0.4, 0.5) is 31.9 Å². The van der Waals surface area contributed by atoms with Gasteiger partial charge in [-0.3, -0.25) is 14.8 Å². The van der Waals surface area contributed by atoms with E-state index < -0.39 is 34.2 Å². The number of aliphatic hydroxyl groups excluding tert-OH is 1. The van der Waals surface area contributed by atoms with Gasteiger partial charge in [-0.25, -0.2) is 22.2 Å². The van der Waals surface area contributed by atoms with Gasteiger partial charge < -0.3 is 14.9 Å². The van der Waals surface area contributed by atoms with Gasteiger partial charge in [0.2, 0.25) is 16.0 Å². The summed E-state index contributed by atoms with van der Waals surface area (Å²) >= 11 is 0. The predicted molar refractivity (Wildman–Crippen MR) is 145 cm³/mol. The number of hydrogen-bond donors (Lipinski definition) is 3. The number of aromatic nitrogens is 2. The molecule has 2 aromatic rings. The Morgan fingerprint density at radius 3 is 2.31 bits per heavy atom. The number of rotatable bonds is 8. The van der Waals surface area contributed by atoms with E-state index in [0.29, 0.717) is 33.9 Å². The first-order chi connectivity index (χ1) is 18.5. The molecular formula is C26H34F2N6O4S. The minimum Gasteiger partial charge on any atom is -0.395 e. The molecule has 3 N–H and O–H groups in total. The monoisotopic (exact) mass is 564 g/mol. The van der Waals surface area contributed by atoms with Gasteiger partial charge in [0, 0.05) is 50.8 Å². The second-order valence-corrected chi connectivity index (χ2v) is 12.7. The predicted octanol–water partition coefficient (Wildman–Crippen LogP) is 3.39. The van der Waals surface area contributed by atoms with Crippen molar-refractivity contribution >= 4 is 39.1 Å². The van der Waals surface area contributed by atoms with E-state index >= 15 is 0 Å². The second kappa shape index (κ2) is 10.5. The Hall–Kier alpha value is -3.06. The lowest BCUT2D eigenvalue weighted by Gasteiger charge is -2.35. The Bertz CT molecular complexity index is 1330. The molecule has 1 amide bonds. The van der Waals surface area contributed by atoms with Crippen molar-refractivity contribution in [1.82, 2.24) is 9.97 Å². The van der Waals surface area contributed by atoms with Gasteiger partial charge >= 0.3 is 0 Å². The van der Waals surface area contributed by atoms with Crippen LogP contribution in [-0.2, 0) is 10.0 Å². The van der Waals surface area contributed by atoms with Crippen LogP contribution in [0.5, 0.6) is 0 Å². The molecule has 0 radical (unpaired) electrons. The molecule has 0 unspecified atom stereocenters. The average Bonchev–Trinajstić information content (AvgIpc) is 3.62. The molecule has 5 rings (SSSR count). The fourth-order valence-corrected chi connectivity index (χ4v) is 6.13. The summed E-state index contributed by atoms with van der Waals surface area (Å²) in [5, 5.41) is 11.8. The van der Waals surface area contributed by atoms with Gasteiger partial charge in [-0.1, -0.05) is 0 Å². The fourth-order valence-electron chi connectivity index (χ4n) is 5.30. The number of hydrogen-bond acceptors (Lipinski definition) is 8. The number of carbonyl (C=O) groups excluding carboxylic acids is 1. The van der Waals surface area contributed by atoms with Crippen LogP contribution in [0.1, 0.15) is 54.6 Å². The molecule has 10 nitrogen and oxygen atoms in total. The molecule has 1 saturated carbocycles. The van der Waals surface area contributed by atoms with Crippen LogP contribution in [-0.4, -0.2) is 73.9 Å². The highest BCUT2D eigenvalue weighted by Gasteiger charge is 2.44. The molecule has 3 fully saturated rings. The zero-order valence-corrected chi connectivity index (χ0v) is 22.7. The maximum Gasteiger partial charge on any atom is 0.260 e. The van der Waals surface area contributed by atoms with Crippen LogP contribution < -0.4 is 19.8 Å². The SMILES string of the molecule is Cc1cc(N2CCC(F)(F)CC2)nc(NC(=O)c2ccc(NS(=O)(=O)CCO)cc2N2CCC3(CC2)CC3)n1. The summed E-state index contributed by atoms with van der Waals surface area (Å²) in [6.07, 6.45) is 3.94. The summed E-state index contributed by atoms with van der Waals surface area (Å²) in [7, 11) is -3.74. The number of halogens is 2. The zero-order chi connectivity index (χ0) is 27.8. The highest BCUT2D eigenvalue weighted by molar-refractivity contribution is 7.92. The van der Waals surface area contributed by atoms with Crippen LogP contribution in [0, 0.1) is 12.3 Å². The molecule has 3 heterocycles. The van der Waals surface area contributed by atoms with E-state index in [2.05, 4.69) is 24.9 Å². The number of nitrogens with zero attached hydrogens (tertiary/aromatic N) is 4. The van der Waals surface area contributed by atoms with Crippen molar-refractivity contribution in [3.63, 3.8) is 0 Å². The molecule has 212 valence electrons. The van der Waals surface area contributed by atoms with Crippen LogP contribution in [0.15, 0.2) is 24.3 Å². The molecular weight excluding hydrogens is 530 g/mol. The van der Waals surface area contributed by atoms with Gasteiger partial charge in [-0.15, -0.1) is 0 Å². The quantitative estimate of drug-likeness (QED) is 0.445. The standard InChI is InChI=1S/C26H34F2N6O4S/c1-18-16-22(34-12-8-26(27,28)9-13-34)30-24(29-18)31-23(36)20-3-2-19(32-39(37,38)15-14-35)17-21(20)33-10-6-25(4-5-25)7-11-33/h2-3,16-17,32,35H,4-15H2,1H3,(H,29,30,31,36). The van der Waals surface area contributed by atoms with Crippen molar-refractivity contribution < 1.29 is 27.1 Å². The minimum atomic E-state index is -3.74. The van der Waals surface area contributed by atoms with Gasteiger partial charge in [0.1, 0.15) is 5.82 Å². The second-order valence-electron chi connectivity index (χ2n) is 10.9. The van der Waals surface area contributed by atoms with Crippen molar-refractivity contribution in [3.05, 3.63) is 35.5 Å². The van der Waals surface area contributed by atoms with E-state index in [4.69, 9.17) is 5.11 Å². The highest BCUT2D eigenvalue weighted by atomic mass is 32.2. The third-order valence-electron chi connectivity index (χ3n) is 7.88. The molecule has 0 bridgehead atoms. The number of nitrogens with one attached hydrogen (secondary N) is 2. The molecule has 13 heteroatoms. The fraction of sp³-hybridized carbons (Fsp3) is 0.577. The Labute approximate surface area is 226 Å². The third-order valence-corrected chi connectivity index (χ3v) is 9.15. The first kappa shape index (κ1) is 27.5. The Balaban J connectivity index is 1.39. The summed E-state index contributed by atoms with van der Waals surface area (Å²) in [6.45, 7) is 3.06. The maximum absolute atomic E-state index is 13.6. The normalized spacial score (nSPS) is 20.1. The lowest BCUT2D eigenvalue weighted by atomic mass is 9.93. The maximum atomic E-state index is 13.6.